The normalized spacial score (nSPS) is 20.1. The zero-order valence-corrected chi connectivity index (χ0v) is 17.2. The second kappa shape index (κ2) is 9.40. The lowest BCUT2D eigenvalue weighted by atomic mass is 9.74. The van der Waals surface area contributed by atoms with Crippen LogP contribution in [0.15, 0.2) is 30.3 Å². The van der Waals surface area contributed by atoms with Crippen LogP contribution in [0.3, 0.4) is 0 Å². The smallest absolute Gasteiger partial charge is 0.475 e. The number of hydrogen-bond donors (Lipinski definition) is 2. The molecule has 1 aromatic rings. The van der Waals surface area contributed by atoms with Gasteiger partial charge in [0.15, 0.2) is 0 Å². The van der Waals surface area contributed by atoms with Gasteiger partial charge in [-0.25, -0.2) is 4.79 Å². The van der Waals surface area contributed by atoms with E-state index in [-0.39, 0.29) is 17.9 Å². The number of carboxylic acid groups (broad SMARTS) is 1. The van der Waals surface area contributed by atoms with Crippen LogP contribution < -0.4 is 0 Å². The number of carbonyl (C=O) groups is 2. The number of aliphatic carboxylic acids is 1. The van der Waals surface area contributed by atoms with Crippen LogP contribution in [0.25, 0.3) is 5.57 Å². The summed E-state index contributed by atoms with van der Waals surface area (Å²) < 4.78 is 31.7. The Balaban J connectivity index is 0.000000339. The molecule has 3 aliphatic rings. The number of β-amino-alcohol motifs (C(OH)–C–C–N with tert-alkyl or cyclic N) is 1. The number of aliphatic hydroxyl groups is 1. The highest BCUT2D eigenvalue weighted by atomic mass is 19.4. The van der Waals surface area contributed by atoms with Crippen molar-refractivity contribution in [3.63, 3.8) is 0 Å². The van der Waals surface area contributed by atoms with Crippen LogP contribution in [0, 0.1) is 0 Å². The standard InChI is InChI=1S/C20H26N2O2.C2HF3O2/c23-14-13-21-11-7-20(8-12-21)15-17(16-5-1-2-6-18(16)20)19(24)22-9-3-4-10-22;3-2(4,5)1(6)7/h1-2,5-6,15,23H,3-4,7-14H2;(H,6,7). The lowest BCUT2D eigenvalue weighted by molar-refractivity contribution is -0.192. The number of amides is 1. The highest BCUT2D eigenvalue weighted by molar-refractivity contribution is 6.21. The Bertz CT molecular complexity index is 839. The molecule has 2 saturated heterocycles. The monoisotopic (exact) mass is 440 g/mol. The molecule has 2 aliphatic heterocycles. The second-order valence-electron chi connectivity index (χ2n) is 8.13. The number of benzene rings is 1. The molecule has 0 saturated carbocycles. The lowest BCUT2D eigenvalue weighted by Crippen LogP contribution is -2.42. The van der Waals surface area contributed by atoms with Crippen LogP contribution in [0.4, 0.5) is 13.2 Å². The molecule has 2 N–H and O–H groups in total. The number of hydrogen-bond acceptors (Lipinski definition) is 4. The Kier molecular flexibility index (Phi) is 7.06. The van der Waals surface area contributed by atoms with Crippen molar-refractivity contribution in [2.45, 2.75) is 37.3 Å². The predicted octanol–water partition coefficient (Wildman–Crippen LogP) is 2.67. The average molecular weight is 440 g/mol. The van der Waals surface area contributed by atoms with E-state index in [1.54, 1.807) is 0 Å². The van der Waals surface area contributed by atoms with E-state index in [1.165, 1.54) is 5.56 Å². The molecular formula is C22H27F3N2O4. The van der Waals surface area contributed by atoms with Gasteiger partial charge in [-0.05, 0) is 49.9 Å². The molecule has 0 unspecified atom stereocenters. The summed E-state index contributed by atoms with van der Waals surface area (Å²) >= 11 is 0. The summed E-state index contributed by atoms with van der Waals surface area (Å²) in [6.07, 6.45) is 1.50. The molecule has 170 valence electrons. The van der Waals surface area contributed by atoms with Crippen molar-refractivity contribution in [1.82, 2.24) is 9.80 Å². The predicted molar refractivity (Wildman–Crippen MR) is 108 cm³/mol. The van der Waals surface area contributed by atoms with Crippen molar-refractivity contribution in [2.75, 3.05) is 39.3 Å². The first-order valence-electron chi connectivity index (χ1n) is 10.4. The van der Waals surface area contributed by atoms with Crippen LogP contribution in [-0.4, -0.2) is 77.4 Å². The van der Waals surface area contributed by atoms with Gasteiger partial charge in [0.25, 0.3) is 5.91 Å². The quantitative estimate of drug-likeness (QED) is 0.756. The van der Waals surface area contributed by atoms with Gasteiger partial charge in [-0.1, -0.05) is 30.3 Å². The third-order valence-corrected chi connectivity index (χ3v) is 6.20. The van der Waals surface area contributed by atoms with Crippen molar-refractivity contribution in [3.05, 3.63) is 41.5 Å². The summed E-state index contributed by atoms with van der Waals surface area (Å²) in [4.78, 5) is 26.3. The number of fused-ring (bicyclic) bond motifs is 2. The Morgan fingerprint density at radius 3 is 2.16 bits per heavy atom. The molecule has 0 aromatic heterocycles. The maximum absolute atomic E-state index is 13.0. The van der Waals surface area contributed by atoms with Crippen LogP contribution in [0.5, 0.6) is 0 Å². The molecule has 31 heavy (non-hydrogen) atoms. The fourth-order valence-electron chi connectivity index (χ4n) is 4.58. The fourth-order valence-corrected chi connectivity index (χ4v) is 4.58. The molecule has 2 fully saturated rings. The SMILES string of the molecule is O=C(C1=CC2(CCN(CCO)CC2)c2ccccc21)N1CCCC1.O=C(O)C(F)(F)F. The number of alkyl halides is 3. The van der Waals surface area contributed by atoms with E-state index < -0.39 is 12.1 Å². The summed E-state index contributed by atoms with van der Waals surface area (Å²) in [7, 11) is 0. The van der Waals surface area contributed by atoms with Gasteiger partial charge in [-0.3, -0.25) is 4.79 Å². The number of nitrogens with zero attached hydrogens (tertiary/aromatic N) is 2. The highest BCUT2D eigenvalue weighted by Crippen LogP contribution is 2.47. The van der Waals surface area contributed by atoms with Crippen LogP contribution in [-0.2, 0) is 15.0 Å². The van der Waals surface area contributed by atoms with Crippen molar-refractivity contribution < 1.29 is 33.0 Å². The Morgan fingerprint density at radius 2 is 1.61 bits per heavy atom. The zero-order valence-electron chi connectivity index (χ0n) is 17.2. The third kappa shape index (κ3) is 5.10. The maximum Gasteiger partial charge on any atom is 0.490 e. The zero-order chi connectivity index (χ0) is 22.6. The van der Waals surface area contributed by atoms with Crippen molar-refractivity contribution >= 4 is 17.4 Å². The van der Waals surface area contributed by atoms with Gasteiger partial charge >= 0.3 is 12.1 Å². The number of aliphatic hydroxyl groups excluding tert-OH is 1. The Hall–Kier alpha value is -2.39. The van der Waals surface area contributed by atoms with Crippen molar-refractivity contribution in [1.29, 1.82) is 0 Å². The van der Waals surface area contributed by atoms with Gasteiger partial charge in [-0.2, -0.15) is 13.2 Å². The van der Waals surface area contributed by atoms with E-state index in [0.29, 0.717) is 0 Å². The van der Waals surface area contributed by atoms with Crippen LogP contribution in [0.2, 0.25) is 0 Å². The first-order chi connectivity index (χ1) is 14.7. The number of halogens is 3. The van der Waals surface area contributed by atoms with E-state index in [2.05, 4.69) is 29.2 Å². The Labute approximate surface area is 178 Å². The van der Waals surface area contributed by atoms with Crippen LogP contribution in [0.1, 0.15) is 36.8 Å². The summed E-state index contributed by atoms with van der Waals surface area (Å²) in [5.74, 6) is -2.54. The molecular weight excluding hydrogens is 413 g/mol. The average Bonchev–Trinajstić information content (AvgIpc) is 3.37. The molecule has 9 heteroatoms. The first kappa shape index (κ1) is 23.3. The maximum atomic E-state index is 13.0. The minimum Gasteiger partial charge on any atom is -0.475 e. The summed E-state index contributed by atoms with van der Waals surface area (Å²) in [6, 6.07) is 8.46. The fraction of sp³-hybridized carbons (Fsp3) is 0.545. The molecule has 1 aliphatic carbocycles. The van der Waals surface area contributed by atoms with E-state index in [0.717, 1.165) is 69.5 Å². The van der Waals surface area contributed by atoms with E-state index in [9.17, 15) is 18.0 Å². The van der Waals surface area contributed by atoms with E-state index >= 15 is 0 Å². The molecule has 0 atom stereocenters. The van der Waals surface area contributed by atoms with Gasteiger partial charge < -0.3 is 20.0 Å². The molecule has 1 amide bonds. The molecule has 4 rings (SSSR count). The van der Waals surface area contributed by atoms with Gasteiger partial charge in [0, 0.05) is 30.6 Å². The van der Waals surface area contributed by atoms with Crippen molar-refractivity contribution in [3.8, 4) is 0 Å². The highest BCUT2D eigenvalue weighted by Gasteiger charge is 2.42. The van der Waals surface area contributed by atoms with Gasteiger partial charge in [0.05, 0.1) is 6.61 Å². The van der Waals surface area contributed by atoms with Gasteiger partial charge in [0.1, 0.15) is 0 Å². The number of allylic oxidation sites excluding steroid dienone is 1. The number of carboxylic acids is 1. The number of rotatable bonds is 3. The largest absolute Gasteiger partial charge is 0.490 e. The molecule has 0 radical (unpaired) electrons. The third-order valence-electron chi connectivity index (χ3n) is 6.20. The minimum absolute atomic E-state index is 0.00721. The van der Waals surface area contributed by atoms with Crippen molar-refractivity contribution in [2.24, 2.45) is 0 Å². The van der Waals surface area contributed by atoms with Gasteiger partial charge in [0.2, 0.25) is 0 Å². The molecule has 0 bridgehead atoms. The van der Waals surface area contributed by atoms with Gasteiger partial charge in [-0.15, -0.1) is 0 Å². The molecule has 1 aromatic carbocycles. The van der Waals surface area contributed by atoms with E-state index in [1.807, 2.05) is 11.0 Å². The summed E-state index contributed by atoms with van der Waals surface area (Å²) in [5, 5.41) is 16.3. The Morgan fingerprint density at radius 1 is 1.03 bits per heavy atom. The molecule has 6 nitrogen and oxygen atoms in total. The molecule has 1 spiro atoms. The first-order valence-corrected chi connectivity index (χ1v) is 10.4. The summed E-state index contributed by atoms with van der Waals surface area (Å²) in [6.45, 7) is 4.73. The topological polar surface area (TPSA) is 81.1 Å². The number of piperidine rings is 1. The van der Waals surface area contributed by atoms with Crippen LogP contribution >= 0.6 is 0 Å². The molecule has 2 heterocycles. The second-order valence-corrected chi connectivity index (χ2v) is 8.13. The summed E-state index contributed by atoms with van der Waals surface area (Å²) in [5.41, 5.74) is 3.40. The minimum atomic E-state index is -5.08. The number of carbonyl (C=O) groups excluding carboxylic acids is 1. The number of likely N-dealkylation sites (tertiary alicyclic amines) is 2. The van der Waals surface area contributed by atoms with E-state index in [4.69, 9.17) is 15.0 Å². The lowest BCUT2D eigenvalue weighted by Gasteiger charge is -2.39.